The van der Waals surface area contributed by atoms with Crippen molar-refractivity contribution in [1.29, 1.82) is 0 Å². The Kier molecular flexibility index (Phi) is 7.26. The highest BCUT2D eigenvalue weighted by molar-refractivity contribution is 9.10. The number of sulfonamides is 1. The van der Waals surface area contributed by atoms with Crippen molar-refractivity contribution in [3.63, 3.8) is 0 Å². The van der Waals surface area contributed by atoms with Crippen molar-refractivity contribution in [2.45, 2.75) is 43.0 Å². The predicted octanol–water partition coefficient (Wildman–Crippen LogP) is 3.74. The van der Waals surface area contributed by atoms with Gasteiger partial charge in [-0.3, -0.25) is 4.79 Å². The monoisotopic (exact) mass is 464 g/mol. The number of hydrogen-bond acceptors (Lipinski definition) is 3. The highest BCUT2D eigenvalue weighted by Gasteiger charge is 2.27. The molecule has 2 aromatic rings. The molecular weight excluding hydrogens is 440 g/mol. The predicted molar refractivity (Wildman–Crippen MR) is 113 cm³/mol. The zero-order valence-corrected chi connectivity index (χ0v) is 18.1. The molecular formula is C21H25BrN2O3S. The fraction of sp³-hybridized carbons (Fsp3) is 0.381. The lowest BCUT2D eigenvalue weighted by atomic mass is 10.1. The number of carbonyl (C=O) groups is 1. The van der Waals surface area contributed by atoms with Crippen molar-refractivity contribution in [2.24, 2.45) is 0 Å². The van der Waals surface area contributed by atoms with Crippen LogP contribution in [0, 0.1) is 0 Å². The van der Waals surface area contributed by atoms with Crippen LogP contribution < -0.4 is 5.32 Å². The third-order valence-electron chi connectivity index (χ3n) is 4.98. The van der Waals surface area contributed by atoms with Gasteiger partial charge >= 0.3 is 0 Å². The number of halogens is 1. The number of hydrogen-bond donors (Lipinski definition) is 1. The molecule has 1 saturated carbocycles. The van der Waals surface area contributed by atoms with Crippen LogP contribution in [0.1, 0.15) is 31.2 Å². The van der Waals surface area contributed by atoms with Crippen LogP contribution in [0.25, 0.3) is 0 Å². The van der Waals surface area contributed by atoms with Gasteiger partial charge in [-0.25, -0.2) is 8.42 Å². The maximum atomic E-state index is 13.2. The lowest BCUT2D eigenvalue weighted by Gasteiger charge is -2.23. The summed E-state index contributed by atoms with van der Waals surface area (Å²) in [7, 11) is -3.76. The van der Waals surface area contributed by atoms with E-state index >= 15 is 0 Å². The zero-order chi connectivity index (χ0) is 20.0. The quantitative estimate of drug-likeness (QED) is 0.646. The number of rotatable bonds is 8. The topological polar surface area (TPSA) is 66.5 Å². The van der Waals surface area contributed by atoms with Gasteiger partial charge in [0.15, 0.2) is 0 Å². The molecule has 0 radical (unpaired) electrons. The molecule has 0 heterocycles. The molecule has 1 fully saturated rings. The molecule has 0 aromatic heterocycles. The van der Waals surface area contributed by atoms with Crippen LogP contribution in [0.4, 0.5) is 0 Å². The van der Waals surface area contributed by atoms with E-state index in [1.807, 2.05) is 30.3 Å². The van der Waals surface area contributed by atoms with E-state index in [-0.39, 0.29) is 29.9 Å². The Morgan fingerprint density at radius 3 is 2.32 bits per heavy atom. The molecule has 28 heavy (non-hydrogen) atoms. The number of carbonyl (C=O) groups excluding carboxylic acids is 1. The molecule has 7 heteroatoms. The third-order valence-corrected chi connectivity index (χ3v) is 7.37. The highest BCUT2D eigenvalue weighted by Crippen LogP contribution is 2.20. The molecule has 0 atom stereocenters. The maximum Gasteiger partial charge on any atom is 0.243 e. The summed E-state index contributed by atoms with van der Waals surface area (Å²) in [5, 5.41) is 2.99. The van der Waals surface area contributed by atoms with Gasteiger partial charge < -0.3 is 5.32 Å². The number of amides is 1. The van der Waals surface area contributed by atoms with Crippen LogP contribution in [-0.2, 0) is 21.2 Å². The van der Waals surface area contributed by atoms with Crippen molar-refractivity contribution in [3.05, 3.63) is 64.6 Å². The van der Waals surface area contributed by atoms with E-state index in [9.17, 15) is 13.2 Å². The molecule has 1 aliphatic rings. The van der Waals surface area contributed by atoms with E-state index < -0.39 is 10.0 Å². The smallest absolute Gasteiger partial charge is 0.243 e. The van der Waals surface area contributed by atoms with E-state index in [1.165, 1.54) is 4.31 Å². The molecule has 0 unspecified atom stereocenters. The SMILES string of the molecule is O=C(CN(CCc1ccccc1)S(=O)(=O)c1ccc(Br)cc1)NC1CCCC1. The fourth-order valence-corrected chi connectivity index (χ4v) is 5.10. The van der Waals surface area contributed by atoms with Crippen molar-refractivity contribution in [3.8, 4) is 0 Å². The van der Waals surface area contributed by atoms with Crippen LogP contribution in [0.3, 0.4) is 0 Å². The molecule has 0 saturated heterocycles. The summed E-state index contributed by atoms with van der Waals surface area (Å²) < 4.78 is 28.4. The number of nitrogens with one attached hydrogen (secondary N) is 1. The van der Waals surface area contributed by atoms with Crippen molar-refractivity contribution in [2.75, 3.05) is 13.1 Å². The van der Waals surface area contributed by atoms with Crippen LogP contribution >= 0.6 is 15.9 Å². The van der Waals surface area contributed by atoms with E-state index in [2.05, 4.69) is 21.2 Å². The second-order valence-corrected chi connectivity index (χ2v) is 9.93. The first-order valence-corrected chi connectivity index (χ1v) is 11.8. The standard InChI is InChI=1S/C21H25BrN2O3S/c22-18-10-12-20(13-11-18)28(26,27)24(15-14-17-6-2-1-3-7-17)16-21(25)23-19-8-4-5-9-19/h1-3,6-7,10-13,19H,4-5,8-9,14-16H2,(H,23,25). The Morgan fingerprint density at radius 2 is 1.68 bits per heavy atom. The van der Waals surface area contributed by atoms with E-state index in [1.54, 1.807) is 24.3 Å². The van der Waals surface area contributed by atoms with Crippen LogP contribution in [0.2, 0.25) is 0 Å². The highest BCUT2D eigenvalue weighted by atomic mass is 79.9. The fourth-order valence-electron chi connectivity index (χ4n) is 3.44. The van der Waals surface area contributed by atoms with Gasteiger partial charge in [0, 0.05) is 17.1 Å². The molecule has 1 aliphatic carbocycles. The lowest BCUT2D eigenvalue weighted by Crippen LogP contribution is -2.44. The Hall–Kier alpha value is -1.70. The average Bonchev–Trinajstić information content (AvgIpc) is 3.19. The van der Waals surface area contributed by atoms with Gasteiger partial charge in [-0.2, -0.15) is 4.31 Å². The van der Waals surface area contributed by atoms with E-state index in [4.69, 9.17) is 0 Å². The van der Waals surface area contributed by atoms with E-state index in [0.717, 1.165) is 35.7 Å². The van der Waals surface area contributed by atoms with Crippen molar-refractivity contribution < 1.29 is 13.2 Å². The Balaban J connectivity index is 1.76. The van der Waals surface area contributed by atoms with E-state index in [0.29, 0.717) is 6.42 Å². The summed E-state index contributed by atoms with van der Waals surface area (Å²) >= 11 is 3.33. The van der Waals surface area contributed by atoms with Crippen LogP contribution in [-0.4, -0.2) is 37.8 Å². The normalized spacial score (nSPS) is 15.1. The lowest BCUT2D eigenvalue weighted by molar-refractivity contribution is -0.122. The van der Waals surface area contributed by atoms with Gasteiger partial charge in [-0.15, -0.1) is 0 Å². The molecule has 0 spiro atoms. The van der Waals surface area contributed by atoms with Gasteiger partial charge in [0.25, 0.3) is 0 Å². The summed E-state index contributed by atoms with van der Waals surface area (Å²) in [6.45, 7) is 0.0855. The second kappa shape index (κ2) is 9.67. The van der Waals surface area contributed by atoms with Gasteiger partial charge in [-0.1, -0.05) is 59.1 Å². The molecule has 1 N–H and O–H groups in total. The second-order valence-electron chi connectivity index (χ2n) is 7.08. The minimum atomic E-state index is -3.76. The summed E-state index contributed by atoms with van der Waals surface area (Å²) in [5.41, 5.74) is 1.04. The summed E-state index contributed by atoms with van der Waals surface area (Å²) in [6, 6.07) is 16.4. The molecule has 2 aromatic carbocycles. The summed E-state index contributed by atoms with van der Waals surface area (Å²) in [6.07, 6.45) is 4.71. The molecule has 1 amide bonds. The van der Waals surface area contributed by atoms with Crippen LogP contribution in [0.5, 0.6) is 0 Å². The van der Waals surface area contributed by atoms with Gasteiger partial charge in [-0.05, 0) is 49.1 Å². The minimum absolute atomic E-state index is 0.165. The third kappa shape index (κ3) is 5.65. The Morgan fingerprint density at radius 1 is 1.04 bits per heavy atom. The van der Waals surface area contributed by atoms with Crippen LogP contribution in [0.15, 0.2) is 64.0 Å². The Bertz CT molecular complexity index is 880. The molecule has 5 nitrogen and oxygen atoms in total. The molecule has 3 rings (SSSR count). The Labute approximate surface area is 175 Å². The first-order chi connectivity index (χ1) is 13.4. The van der Waals surface area contributed by atoms with Crippen molar-refractivity contribution >= 4 is 31.9 Å². The van der Waals surface area contributed by atoms with Crippen molar-refractivity contribution in [1.82, 2.24) is 9.62 Å². The minimum Gasteiger partial charge on any atom is -0.352 e. The molecule has 0 bridgehead atoms. The number of nitrogens with zero attached hydrogens (tertiary/aromatic N) is 1. The molecule has 0 aliphatic heterocycles. The first kappa shape index (κ1) is 21.0. The average molecular weight is 465 g/mol. The zero-order valence-electron chi connectivity index (χ0n) is 15.7. The number of benzene rings is 2. The largest absolute Gasteiger partial charge is 0.352 e. The summed E-state index contributed by atoms with van der Waals surface area (Å²) in [5.74, 6) is -0.236. The molecule has 150 valence electrons. The van der Waals surface area contributed by atoms with Gasteiger partial charge in [0.05, 0.1) is 11.4 Å². The van der Waals surface area contributed by atoms with Gasteiger partial charge in [0.1, 0.15) is 0 Å². The summed E-state index contributed by atoms with van der Waals surface area (Å²) in [4.78, 5) is 12.7. The van der Waals surface area contributed by atoms with Gasteiger partial charge in [0.2, 0.25) is 15.9 Å². The first-order valence-electron chi connectivity index (χ1n) is 9.54. The maximum absolute atomic E-state index is 13.2.